The van der Waals surface area contributed by atoms with Crippen LogP contribution in [0, 0.1) is 11.8 Å². The number of hydrogen-bond donors (Lipinski definition) is 1. The highest BCUT2D eigenvalue weighted by atomic mass is 16.6. The maximum absolute atomic E-state index is 12.1. The number of nitrogens with zero attached hydrogens (tertiary/aromatic N) is 1. The van der Waals surface area contributed by atoms with Crippen LogP contribution in [-0.2, 0) is 4.74 Å². The second-order valence-electron chi connectivity index (χ2n) is 8.54. The van der Waals surface area contributed by atoms with E-state index in [4.69, 9.17) is 4.74 Å². The molecule has 3 atom stereocenters. The molecule has 1 amide bonds. The molecule has 2 saturated carbocycles. The molecular formula is C18H32N2O2. The summed E-state index contributed by atoms with van der Waals surface area (Å²) in [6, 6.07) is 1.12. The van der Waals surface area contributed by atoms with Crippen molar-refractivity contribution in [1.82, 2.24) is 10.2 Å². The van der Waals surface area contributed by atoms with E-state index in [1.165, 1.54) is 38.5 Å². The Morgan fingerprint density at radius 3 is 2.50 bits per heavy atom. The van der Waals surface area contributed by atoms with E-state index in [1.54, 1.807) is 0 Å². The van der Waals surface area contributed by atoms with E-state index < -0.39 is 5.60 Å². The van der Waals surface area contributed by atoms with E-state index in [0.29, 0.717) is 12.1 Å². The highest BCUT2D eigenvalue weighted by Gasteiger charge is 2.36. The number of hydrogen-bond acceptors (Lipinski definition) is 3. The Morgan fingerprint density at radius 1 is 1.05 bits per heavy atom. The third-order valence-corrected chi connectivity index (χ3v) is 5.31. The largest absolute Gasteiger partial charge is 0.444 e. The number of ether oxygens (including phenoxy) is 1. The molecule has 3 fully saturated rings. The number of rotatable bonds is 3. The minimum absolute atomic E-state index is 0.156. The molecule has 1 N–H and O–H groups in total. The number of carbonyl (C=O) groups is 1. The van der Waals surface area contributed by atoms with E-state index in [1.807, 2.05) is 25.7 Å². The summed E-state index contributed by atoms with van der Waals surface area (Å²) >= 11 is 0. The van der Waals surface area contributed by atoms with Crippen LogP contribution >= 0.6 is 0 Å². The zero-order chi connectivity index (χ0) is 15.7. The van der Waals surface area contributed by atoms with Crippen LogP contribution in [0.1, 0.15) is 65.7 Å². The lowest BCUT2D eigenvalue weighted by Crippen LogP contribution is -2.44. The lowest BCUT2D eigenvalue weighted by molar-refractivity contribution is 0.0289. The summed E-state index contributed by atoms with van der Waals surface area (Å²) in [7, 11) is 0. The van der Waals surface area contributed by atoms with Crippen molar-refractivity contribution in [2.75, 3.05) is 13.1 Å². The van der Waals surface area contributed by atoms with Crippen LogP contribution < -0.4 is 5.32 Å². The standard InChI is InChI=1S/C18H32N2O2/c1-18(2,3)22-17(21)20-10-9-16(12-20)19-15-6-4-5-14(11-15)13-7-8-13/h13-16,19H,4-12H2,1-3H3. The Bertz CT molecular complexity index is 400. The Labute approximate surface area is 135 Å². The van der Waals surface area contributed by atoms with Crippen molar-refractivity contribution >= 4 is 6.09 Å². The van der Waals surface area contributed by atoms with Crippen LogP contribution in [0.3, 0.4) is 0 Å². The van der Waals surface area contributed by atoms with Crippen LogP contribution in [-0.4, -0.2) is 41.8 Å². The first-order valence-corrected chi connectivity index (χ1v) is 9.15. The van der Waals surface area contributed by atoms with E-state index in [2.05, 4.69) is 5.32 Å². The van der Waals surface area contributed by atoms with Gasteiger partial charge in [-0.2, -0.15) is 0 Å². The van der Waals surface area contributed by atoms with Crippen molar-refractivity contribution in [1.29, 1.82) is 0 Å². The molecule has 0 bridgehead atoms. The molecule has 0 aromatic carbocycles. The van der Waals surface area contributed by atoms with Gasteiger partial charge in [0.2, 0.25) is 0 Å². The summed E-state index contributed by atoms with van der Waals surface area (Å²) in [5.41, 5.74) is -0.399. The number of nitrogens with one attached hydrogen (secondary N) is 1. The van der Waals surface area contributed by atoms with Gasteiger partial charge in [0, 0.05) is 25.2 Å². The SMILES string of the molecule is CC(C)(C)OC(=O)N1CCC(NC2CCCC(C3CC3)C2)C1. The molecule has 3 aliphatic rings. The number of amides is 1. The molecule has 0 aromatic heterocycles. The summed E-state index contributed by atoms with van der Waals surface area (Å²) < 4.78 is 5.48. The van der Waals surface area contributed by atoms with Gasteiger partial charge in [-0.05, 0) is 64.7 Å². The van der Waals surface area contributed by atoms with Gasteiger partial charge in [-0.1, -0.05) is 12.8 Å². The molecule has 22 heavy (non-hydrogen) atoms. The lowest BCUT2D eigenvalue weighted by atomic mass is 9.82. The van der Waals surface area contributed by atoms with Gasteiger partial charge in [0.25, 0.3) is 0 Å². The van der Waals surface area contributed by atoms with Crippen molar-refractivity contribution < 1.29 is 9.53 Å². The summed E-state index contributed by atoms with van der Waals surface area (Å²) in [6.45, 7) is 7.41. The molecule has 1 saturated heterocycles. The van der Waals surface area contributed by atoms with Gasteiger partial charge in [0.1, 0.15) is 5.60 Å². The van der Waals surface area contributed by atoms with Crippen molar-refractivity contribution in [3.8, 4) is 0 Å². The van der Waals surface area contributed by atoms with E-state index in [-0.39, 0.29) is 6.09 Å². The Morgan fingerprint density at radius 2 is 1.82 bits per heavy atom. The summed E-state index contributed by atoms with van der Waals surface area (Å²) in [6.07, 6.45) is 9.32. The average molecular weight is 308 g/mol. The summed E-state index contributed by atoms with van der Waals surface area (Å²) in [5, 5.41) is 3.83. The monoisotopic (exact) mass is 308 g/mol. The fourth-order valence-electron chi connectivity index (χ4n) is 4.10. The fraction of sp³-hybridized carbons (Fsp3) is 0.944. The van der Waals surface area contributed by atoms with E-state index >= 15 is 0 Å². The maximum Gasteiger partial charge on any atom is 0.410 e. The molecule has 4 heteroatoms. The Hall–Kier alpha value is -0.770. The summed E-state index contributed by atoms with van der Waals surface area (Å²) in [5.74, 6) is 2.00. The Kier molecular flexibility index (Phi) is 4.67. The Balaban J connectivity index is 1.43. The van der Waals surface area contributed by atoms with Gasteiger partial charge >= 0.3 is 6.09 Å². The molecule has 3 unspecified atom stereocenters. The topological polar surface area (TPSA) is 41.6 Å². The van der Waals surface area contributed by atoms with Crippen molar-refractivity contribution in [2.45, 2.75) is 83.4 Å². The van der Waals surface area contributed by atoms with E-state index in [0.717, 1.165) is 31.3 Å². The molecule has 1 heterocycles. The normalized spacial score (nSPS) is 33.0. The summed E-state index contributed by atoms with van der Waals surface area (Å²) in [4.78, 5) is 14.0. The predicted octanol–water partition coefficient (Wildman–Crippen LogP) is 3.55. The third-order valence-electron chi connectivity index (χ3n) is 5.31. The lowest BCUT2D eigenvalue weighted by Gasteiger charge is -2.32. The molecule has 3 rings (SSSR count). The van der Waals surface area contributed by atoms with Crippen LogP contribution in [0.25, 0.3) is 0 Å². The first kappa shape index (κ1) is 16.1. The van der Waals surface area contributed by atoms with Gasteiger partial charge in [-0.15, -0.1) is 0 Å². The molecular weight excluding hydrogens is 276 g/mol. The molecule has 0 radical (unpaired) electrons. The molecule has 2 aliphatic carbocycles. The fourth-order valence-corrected chi connectivity index (χ4v) is 4.10. The zero-order valence-corrected chi connectivity index (χ0v) is 14.4. The number of likely N-dealkylation sites (tertiary alicyclic amines) is 1. The average Bonchev–Trinajstić information content (AvgIpc) is 3.18. The van der Waals surface area contributed by atoms with Crippen LogP contribution in [0.2, 0.25) is 0 Å². The molecule has 4 nitrogen and oxygen atoms in total. The molecule has 126 valence electrons. The first-order chi connectivity index (χ1) is 10.4. The van der Waals surface area contributed by atoms with E-state index in [9.17, 15) is 4.79 Å². The highest BCUT2D eigenvalue weighted by Crippen LogP contribution is 2.44. The smallest absolute Gasteiger partial charge is 0.410 e. The second-order valence-corrected chi connectivity index (χ2v) is 8.54. The van der Waals surface area contributed by atoms with Crippen molar-refractivity contribution in [2.24, 2.45) is 11.8 Å². The van der Waals surface area contributed by atoms with Crippen LogP contribution in [0.5, 0.6) is 0 Å². The maximum atomic E-state index is 12.1. The highest BCUT2D eigenvalue weighted by molar-refractivity contribution is 5.68. The molecule has 0 spiro atoms. The minimum Gasteiger partial charge on any atom is -0.444 e. The van der Waals surface area contributed by atoms with Crippen molar-refractivity contribution in [3.05, 3.63) is 0 Å². The number of carbonyl (C=O) groups excluding carboxylic acids is 1. The molecule has 0 aromatic rings. The van der Waals surface area contributed by atoms with Crippen LogP contribution in [0.15, 0.2) is 0 Å². The predicted molar refractivity (Wildman–Crippen MR) is 87.8 cm³/mol. The van der Waals surface area contributed by atoms with Gasteiger partial charge in [-0.3, -0.25) is 0 Å². The van der Waals surface area contributed by atoms with Gasteiger partial charge in [0.05, 0.1) is 0 Å². The third kappa shape index (κ3) is 4.37. The van der Waals surface area contributed by atoms with Gasteiger partial charge < -0.3 is 15.0 Å². The first-order valence-electron chi connectivity index (χ1n) is 9.15. The zero-order valence-electron chi connectivity index (χ0n) is 14.4. The van der Waals surface area contributed by atoms with Crippen LogP contribution in [0.4, 0.5) is 4.79 Å². The van der Waals surface area contributed by atoms with Gasteiger partial charge in [-0.25, -0.2) is 4.79 Å². The minimum atomic E-state index is -0.399. The quantitative estimate of drug-likeness (QED) is 0.867. The second kappa shape index (κ2) is 6.38. The van der Waals surface area contributed by atoms with Gasteiger partial charge in [0.15, 0.2) is 0 Å². The van der Waals surface area contributed by atoms with Crippen molar-refractivity contribution in [3.63, 3.8) is 0 Å². The molecule has 1 aliphatic heterocycles.